The van der Waals surface area contributed by atoms with Crippen molar-refractivity contribution >= 4 is 12.7 Å². The minimum Gasteiger partial charge on any atom is -0.412 e. The average molecular weight is 199 g/mol. The fraction of sp³-hybridized carbons (Fsp3) is 0.111. The van der Waals surface area contributed by atoms with E-state index in [1.54, 1.807) is 0 Å². The lowest BCUT2D eigenvalue weighted by molar-refractivity contribution is -0.0980. The molecule has 0 saturated heterocycles. The Balaban J connectivity index is 0. The van der Waals surface area contributed by atoms with Gasteiger partial charge in [0.1, 0.15) is 6.79 Å². The quantitative estimate of drug-likeness (QED) is 0.583. The zero-order chi connectivity index (χ0) is 8.97. The fourth-order valence-electron chi connectivity index (χ4n) is 1.17. The fourth-order valence-corrected chi connectivity index (χ4v) is 1.17. The van der Waals surface area contributed by atoms with Crippen LogP contribution in [-0.2, 0) is 11.3 Å². The van der Waals surface area contributed by atoms with E-state index in [0.29, 0.717) is 6.54 Å². The van der Waals surface area contributed by atoms with Crippen LogP contribution in [0.5, 0.6) is 0 Å². The van der Waals surface area contributed by atoms with Gasteiger partial charge in [-0.25, -0.2) is 0 Å². The first kappa shape index (κ1) is 14.8. The van der Waals surface area contributed by atoms with Gasteiger partial charge in [0, 0.05) is 12.1 Å². The molecule has 14 heavy (non-hydrogen) atoms. The molecule has 0 unspecified atom stereocenters. The molecular weight excluding hydrogens is 186 g/mol. The summed E-state index contributed by atoms with van der Waals surface area (Å²) in [6.45, 7) is 2.69. The van der Waals surface area contributed by atoms with Crippen LogP contribution in [0.3, 0.4) is 0 Å². The van der Waals surface area contributed by atoms with Gasteiger partial charge in [0.05, 0.1) is 0 Å². The maximum absolute atomic E-state index is 11.0. The van der Waals surface area contributed by atoms with E-state index in [4.69, 9.17) is 4.79 Å². The highest BCUT2D eigenvalue weighted by molar-refractivity contribution is 5.98. The molecule has 5 nitrogen and oxygen atoms in total. The summed E-state index contributed by atoms with van der Waals surface area (Å²) in [5.41, 5.74) is 1.93. The normalized spacial score (nSPS) is 10.7. The van der Waals surface area contributed by atoms with Crippen LogP contribution < -0.4 is 5.32 Å². The standard InChI is InChI=1S/C8H7NO.CH2O.2H2O/c10-8-7-4-2-1-3-6(7)5-9-8;1-2;;/h1-4H,5H2,(H,9,10);1H2;2*1H2. The Kier molecular flexibility index (Phi) is 7.14. The molecule has 1 amide bonds. The van der Waals surface area contributed by atoms with Crippen molar-refractivity contribution in [3.05, 3.63) is 35.4 Å². The maximum atomic E-state index is 11.0. The van der Waals surface area contributed by atoms with Gasteiger partial charge in [-0.3, -0.25) is 4.79 Å². The first-order chi connectivity index (χ1) is 5.88. The smallest absolute Gasteiger partial charge is 0.251 e. The van der Waals surface area contributed by atoms with Crippen molar-refractivity contribution < 1.29 is 20.5 Å². The number of amides is 1. The van der Waals surface area contributed by atoms with E-state index >= 15 is 0 Å². The molecule has 2 rings (SSSR count). The molecule has 0 spiro atoms. The third kappa shape index (κ3) is 2.65. The second kappa shape index (κ2) is 6.76. The van der Waals surface area contributed by atoms with Gasteiger partial charge in [-0.2, -0.15) is 0 Å². The summed E-state index contributed by atoms with van der Waals surface area (Å²) in [4.78, 5) is 19.0. The molecule has 0 saturated carbocycles. The van der Waals surface area contributed by atoms with Crippen LogP contribution in [0.15, 0.2) is 24.3 Å². The number of hydrogen-bond acceptors (Lipinski definition) is 2. The van der Waals surface area contributed by atoms with Gasteiger partial charge >= 0.3 is 0 Å². The molecule has 1 heterocycles. The second-order valence-electron chi connectivity index (χ2n) is 2.34. The highest BCUT2D eigenvalue weighted by Gasteiger charge is 2.16. The van der Waals surface area contributed by atoms with Gasteiger partial charge in [0.25, 0.3) is 5.91 Å². The lowest BCUT2D eigenvalue weighted by Gasteiger charge is -1.89. The minimum absolute atomic E-state index is 0. The first-order valence-corrected chi connectivity index (χ1v) is 3.53. The second-order valence-corrected chi connectivity index (χ2v) is 2.34. The molecule has 1 aromatic rings. The van der Waals surface area contributed by atoms with Crippen LogP contribution in [0, 0.1) is 0 Å². The highest BCUT2D eigenvalue weighted by Crippen LogP contribution is 2.13. The van der Waals surface area contributed by atoms with Crippen LogP contribution in [0.4, 0.5) is 0 Å². The number of rotatable bonds is 0. The summed E-state index contributed by atoms with van der Waals surface area (Å²) in [6, 6.07) is 7.63. The molecule has 78 valence electrons. The van der Waals surface area contributed by atoms with Crippen molar-refractivity contribution in [2.45, 2.75) is 6.54 Å². The van der Waals surface area contributed by atoms with E-state index in [2.05, 4.69) is 5.32 Å². The van der Waals surface area contributed by atoms with Gasteiger partial charge < -0.3 is 21.1 Å². The first-order valence-electron chi connectivity index (χ1n) is 3.53. The number of benzene rings is 1. The molecule has 5 N–H and O–H groups in total. The predicted octanol–water partition coefficient (Wildman–Crippen LogP) is -0.904. The summed E-state index contributed by atoms with van der Waals surface area (Å²) < 4.78 is 0. The summed E-state index contributed by atoms with van der Waals surface area (Å²) >= 11 is 0. The van der Waals surface area contributed by atoms with Gasteiger partial charge in [-0.15, -0.1) is 0 Å². The largest absolute Gasteiger partial charge is 0.412 e. The highest BCUT2D eigenvalue weighted by atomic mass is 16.1. The molecule has 5 heteroatoms. The molecule has 0 radical (unpaired) electrons. The SMILES string of the molecule is C=O.O.O.O=C1NCc2ccccc21. The molecule has 1 aromatic carbocycles. The number of nitrogens with one attached hydrogen (secondary N) is 1. The van der Waals surface area contributed by atoms with E-state index in [-0.39, 0.29) is 16.9 Å². The van der Waals surface area contributed by atoms with E-state index < -0.39 is 0 Å². The van der Waals surface area contributed by atoms with Gasteiger partial charge in [0.15, 0.2) is 0 Å². The van der Waals surface area contributed by atoms with Crippen LogP contribution in [0.2, 0.25) is 0 Å². The Labute approximate surface area is 81.4 Å². The zero-order valence-electron chi connectivity index (χ0n) is 7.54. The van der Waals surface area contributed by atoms with Crippen molar-refractivity contribution in [2.75, 3.05) is 0 Å². The number of fused-ring (bicyclic) bond motifs is 1. The zero-order valence-corrected chi connectivity index (χ0v) is 7.54. The Morgan fingerprint density at radius 1 is 1.14 bits per heavy atom. The van der Waals surface area contributed by atoms with Crippen molar-refractivity contribution in [3.63, 3.8) is 0 Å². The molecule has 0 aromatic heterocycles. The van der Waals surface area contributed by atoms with Gasteiger partial charge in [-0.05, 0) is 11.6 Å². The average Bonchev–Trinajstić information content (AvgIpc) is 2.53. The molecule has 1 aliphatic rings. The summed E-state index contributed by atoms with van der Waals surface area (Å²) in [5.74, 6) is 0.0515. The van der Waals surface area contributed by atoms with Crippen LogP contribution in [0.1, 0.15) is 15.9 Å². The van der Waals surface area contributed by atoms with E-state index in [1.165, 1.54) is 0 Å². The lowest BCUT2D eigenvalue weighted by atomic mass is 10.1. The molecule has 0 fully saturated rings. The third-order valence-electron chi connectivity index (χ3n) is 1.70. The molecule has 0 atom stereocenters. The molecule has 0 bridgehead atoms. The Hall–Kier alpha value is -1.72. The van der Waals surface area contributed by atoms with E-state index in [9.17, 15) is 4.79 Å². The molecule has 0 aliphatic carbocycles. The van der Waals surface area contributed by atoms with Crippen molar-refractivity contribution in [3.8, 4) is 0 Å². The maximum Gasteiger partial charge on any atom is 0.251 e. The Bertz CT molecular complexity index is 301. The monoisotopic (exact) mass is 199 g/mol. The van der Waals surface area contributed by atoms with E-state index in [1.807, 2.05) is 31.1 Å². The van der Waals surface area contributed by atoms with Crippen LogP contribution in [-0.4, -0.2) is 23.6 Å². The summed E-state index contributed by atoms with van der Waals surface area (Å²) in [5, 5.41) is 2.75. The van der Waals surface area contributed by atoms with Crippen molar-refractivity contribution in [1.29, 1.82) is 0 Å². The predicted molar refractivity (Wildman–Crippen MR) is 52.0 cm³/mol. The number of hydrogen-bond donors (Lipinski definition) is 1. The van der Waals surface area contributed by atoms with Gasteiger partial charge in [-0.1, -0.05) is 18.2 Å². The Morgan fingerprint density at radius 2 is 1.71 bits per heavy atom. The van der Waals surface area contributed by atoms with Gasteiger partial charge in [0.2, 0.25) is 0 Å². The summed E-state index contributed by atoms with van der Waals surface area (Å²) in [7, 11) is 0. The number of carbonyl (C=O) groups is 2. The third-order valence-corrected chi connectivity index (χ3v) is 1.70. The van der Waals surface area contributed by atoms with Crippen LogP contribution >= 0.6 is 0 Å². The van der Waals surface area contributed by atoms with E-state index in [0.717, 1.165) is 11.1 Å². The minimum atomic E-state index is 0. The molecular formula is C9H13NO4. The Morgan fingerprint density at radius 3 is 2.29 bits per heavy atom. The molecule has 1 aliphatic heterocycles. The van der Waals surface area contributed by atoms with Crippen LogP contribution in [0.25, 0.3) is 0 Å². The van der Waals surface area contributed by atoms with Crippen molar-refractivity contribution in [1.82, 2.24) is 5.32 Å². The topological polar surface area (TPSA) is 109 Å². The number of carbonyl (C=O) groups excluding carboxylic acids is 2. The van der Waals surface area contributed by atoms with Crippen molar-refractivity contribution in [2.24, 2.45) is 0 Å². The summed E-state index contributed by atoms with van der Waals surface area (Å²) in [6.07, 6.45) is 0. The lowest BCUT2D eigenvalue weighted by Crippen LogP contribution is -2.12.